The molecule has 0 spiro atoms. The number of nitrogens with zero attached hydrogens (tertiary/aromatic N) is 1. The van der Waals surface area contributed by atoms with Crippen molar-refractivity contribution in [3.63, 3.8) is 0 Å². The number of benzene rings is 2. The smallest absolute Gasteiger partial charge is 0.246 e. The molecule has 0 radical (unpaired) electrons. The van der Waals surface area contributed by atoms with Gasteiger partial charge in [-0.3, -0.25) is 4.79 Å². The van der Waals surface area contributed by atoms with Crippen molar-refractivity contribution < 1.29 is 17.9 Å². The third-order valence-corrected chi connectivity index (χ3v) is 6.70. The van der Waals surface area contributed by atoms with Gasteiger partial charge in [-0.05, 0) is 42.2 Å². The highest BCUT2D eigenvalue weighted by molar-refractivity contribution is 7.91. The fourth-order valence-electron chi connectivity index (χ4n) is 3.37. The second-order valence-electron chi connectivity index (χ2n) is 6.93. The van der Waals surface area contributed by atoms with Gasteiger partial charge >= 0.3 is 0 Å². The topological polar surface area (TPSA) is 63.7 Å². The average molecular weight is 400 g/mol. The lowest BCUT2D eigenvalue weighted by Crippen LogP contribution is -2.41. The molecule has 1 aliphatic rings. The van der Waals surface area contributed by atoms with Gasteiger partial charge in [0.25, 0.3) is 0 Å². The maximum atomic E-state index is 12.9. The van der Waals surface area contributed by atoms with Crippen molar-refractivity contribution in [2.75, 3.05) is 25.2 Å². The van der Waals surface area contributed by atoms with Gasteiger partial charge in [-0.25, -0.2) is 8.42 Å². The molecule has 6 heteroatoms. The third-order valence-electron chi connectivity index (χ3n) is 4.95. The van der Waals surface area contributed by atoms with Crippen LogP contribution in [0.25, 0.3) is 6.08 Å². The number of amides is 1. The Balaban J connectivity index is 1.72. The first-order valence-corrected chi connectivity index (χ1v) is 11.2. The molecule has 0 aromatic heterocycles. The Labute approximate surface area is 166 Å². The van der Waals surface area contributed by atoms with Gasteiger partial charge in [0.05, 0.1) is 18.6 Å². The highest BCUT2D eigenvalue weighted by Gasteiger charge is 2.33. The van der Waals surface area contributed by atoms with E-state index in [4.69, 9.17) is 4.74 Å². The minimum atomic E-state index is -3.06. The second-order valence-corrected chi connectivity index (χ2v) is 9.16. The minimum absolute atomic E-state index is 0.0455. The highest BCUT2D eigenvalue weighted by atomic mass is 32.2. The summed E-state index contributed by atoms with van der Waals surface area (Å²) in [7, 11) is -1.46. The molecule has 28 heavy (non-hydrogen) atoms. The van der Waals surface area contributed by atoms with Gasteiger partial charge in [-0.1, -0.05) is 42.5 Å². The zero-order valence-corrected chi connectivity index (χ0v) is 16.8. The van der Waals surface area contributed by atoms with E-state index in [2.05, 4.69) is 0 Å². The summed E-state index contributed by atoms with van der Waals surface area (Å²) in [6.45, 7) is 0.496. The molecule has 0 aliphatic carbocycles. The SMILES string of the molecule is COc1ccc(/C=C/C(=O)N(CCc2ccccc2)[C@@H]2CCS(=O)(=O)C2)cc1. The number of ether oxygens (including phenoxy) is 1. The molecular formula is C22H25NO4S. The fraction of sp³-hybridized carbons (Fsp3) is 0.318. The van der Waals surface area contributed by atoms with E-state index in [1.54, 1.807) is 18.1 Å². The summed E-state index contributed by atoms with van der Waals surface area (Å²) < 4.78 is 29.0. The van der Waals surface area contributed by atoms with E-state index in [1.165, 1.54) is 6.08 Å². The lowest BCUT2D eigenvalue weighted by Gasteiger charge is -2.27. The van der Waals surface area contributed by atoms with Gasteiger partial charge in [0.1, 0.15) is 5.75 Å². The standard InChI is InChI=1S/C22H25NO4S/c1-27-21-10-7-19(8-11-21)9-12-22(24)23(20-14-16-28(25,26)17-20)15-13-18-5-3-2-4-6-18/h2-12,20H,13-17H2,1H3/b12-9+/t20-/m1/s1. The maximum Gasteiger partial charge on any atom is 0.246 e. The lowest BCUT2D eigenvalue weighted by atomic mass is 10.1. The van der Waals surface area contributed by atoms with Gasteiger partial charge in [-0.2, -0.15) is 0 Å². The molecule has 0 bridgehead atoms. The first-order chi connectivity index (χ1) is 13.5. The number of methoxy groups -OCH3 is 1. The van der Waals surface area contributed by atoms with E-state index in [0.29, 0.717) is 19.4 Å². The Morgan fingerprint density at radius 3 is 2.46 bits per heavy atom. The van der Waals surface area contributed by atoms with Crippen LogP contribution in [0.15, 0.2) is 60.7 Å². The van der Waals surface area contributed by atoms with Crippen LogP contribution in [0.4, 0.5) is 0 Å². The van der Waals surface area contributed by atoms with Crippen LogP contribution in [0, 0.1) is 0 Å². The van der Waals surface area contributed by atoms with Crippen molar-refractivity contribution in [1.29, 1.82) is 0 Å². The Morgan fingerprint density at radius 2 is 1.86 bits per heavy atom. The van der Waals surface area contributed by atoms with E-state index in [-0.39, 0.29) is 23.5 Å². The zero-order chi connectivity index (χ0) is 20.0. The molecule has 0 saturated carbocycles. The molecule has 0 unspecified atom stereocenters. The molecule has 1 aliphatic heterocycles. The summed E-state index contributed by atoms with van der Waals surface area (Å²) in [5, 5.41) is 0. The summed E-state index contributed by atoms with van der Waals surface area (Å²) in [5.41, 5.74) is 2.01. The largest absolute Gasteiger partial charge is 0.497 e. The zero-order valence-electron chi connectivity index (χ0n) is 16.0. The molecule has 1 heterocycles. The summed E-state index contributed by atoms with van der Waals surface area (Å²) >= 11 is 0. The van der Waals surface area contributed by atoms with Crippen molar-refractivity contribution >= 4 is 21.8 Å². The van der Waals surface area contributed by atoms with E-state index in [0.717, 1.165) is 16.9 Å². The molecule has 148 valence electrons. The minimum Gasteiger partial charge on any atom is -0.497 e. The Bertz CT molecular complexity index is 921. The predicted octanol–water partition coefficient (Wildman–Crippen LogP) is 2.97. The monoisotopic (exact) mass is 399 g/mol. The summed E-state index contributed by atoms with van der Waals surface area (Å²) in [5.74, 6) is 0.789. The van der Waals surface area contributed by atoms with Crippen LogP contribution in [0.1, 0.15) is 17.5 Å². The lowest BCUT2D eigenvalue weighted by molar-refractivity contribution is -0.127. The third kappa shape index (κ3) is 5.45. The number of carbonyl (C=O) groups is 1. The molecular weight excluding hydrogens is 374 g/mol. The van der Waals surface area contributed by atoms with E-state index >= 15 is 0 Å². The number of hydrogen-bond donors (Lipinski definition) is 0. The first kappa shape index (κ1) is 20.1. The second kappa shape index (κ2) is 9.06. The summed E-state index contributed by atoms with van der Waals surface area (Å²) in [6.07, 6.45) is 4.47. The molecule has 1 fully saturated rings. The quantitative estimate of drug-likeness (QED) is 0.672. The molecule has 5 nitrogen and oxygen atoms in total. The number of hydrogen-bond acceptors (Lipinski definition) is 4. The van der Waals surface area contributed by atoms with Crippen molar-refractivity contribution in [1.82, 2.24) is 4.90 Å². The van der Waals surface area contributed by atoms with Crippen LogP contribution < -0.4 is 4.74 Å². The van der Waals surface area contributed by atoms with Crippen molar-refractivity contribution in [2.24, 2.45) is 0 Å². The number of sulfone groups is 1. The van der Waals surface area contributed by atoms with Crippen molar-refractivity contribution in [3.8, 4) is 5.75 Å². The van der Waals surface area contributed by atoms with Gasteiger partial charge < -0.3 is 9.64 Å². The van der Waals surface area contributed by atoms with E-state index in [9.17, 15) is 13.2 Å². The number of rotatable bonds is 7. The molecule has 3 rings (SSSR count). The van der Waals surface area contributed by atoms with Crippen LogP contribution in [0.2, 0.25) is 0 Å². The molecule has 1 atom stereocenters. The molecule has 2 aromatic carbocycles. The number of carbonyl (C=O) groups excluding carboxylic acids is 1. The van der Waals surface area contributed by atoms with Crippen LogP contribution in [-0.2, 0) is 21.1 Å². The summed E-state index contributed by atoms with van der Waals surface area (Å²) in [4.78, 5) is 14.6. The molecule has 2 aromatic rings. The first-order valence-electron chi connectivity index (χ1n) is 9.34. The van der Waals surface area contributed by atoms with Gasteiger partial charge in [0.2, 0.25) is 5.91 Å². The highest BCUT2D eigenvalue weighted by Crippen LogP contribution is 2.19. The van der Waals surface area contributed by atoms with Crippen LogP contribution in [0.5, 0.6) is 5.75 Å². The van der Waals surface area contributed by atoms with Crippen LogP contribution in [0.3, 0.4) is 0 Å². The predicted molar refractivity (Wildman–Crippen MR) is 111 cm³/mol. The summed E-state index contributed by atoms with van der Waals surface area (Å²) in [6, 6.07) is 17.1. The average Bonchev–Trinajstić information content (AvgIpc) is 3.07. The molecule has 0 N–H and O–H groups in total. The van der Waals surface area contributed by atoms with E-state index in [1.807, 2.05) is 54.6 Å². The van der Waals surface area contributed by atoms with Crippen LogP contribution in [-0.4, -0.2) is 50.4 Å². The van der Waals surface area contributed by atoms with Gasteiger partial charge in [0.15, 0.2) is 9.84 Å². The van der Waals surface area contributed by atoms with Gasteiger partial charge in [0, 0.05) is 18.7 Å². The molecule has 1 amide bonds. The fourth-order valence-corrected chi connectivity index (χ4v) is 5.10. The van der Waals surface area contributed by atoms with Gasteiger partial charge in [-0.15, -0.1) is 0 Å². The normalized spacial score (nSPS) is 18.2. The maximum absolute atomic E-state index is 12.9. The van der Waals surface area contributed by atoms with Crippen LogP contribution >= 0.6 is 0 Å². The van der Waals surface area contributed by atoms with Crippen molar-refractivity contribution in [3.05, 3.63) is 71.8 Å². The Hall–Kier alpha value is -2.60. The Morgan fingerprint density at radius 1 is 1.14 bits per heavy atom. The Kier molecular flexibility index (Phi) is 6.52. The van der Waals surface area contributed by atoms with E-state index < -0.39 is 9.84 Å². The molecule has 1 saturated heterocycles. The van der Waals surface area contributed by atoms with Crippen molar-refractivity contribution in [2.45, 2.75) is 18.9 Å².